The number of carbonyl (C=O) groups is 1. The van der Waals surface area contributed by atoms with Gasteiger partial charge in [-0.3, -0.25) is 4.79 Å². The summed E-state index contributed by atoms with van der Waals surface area (Å²) in [6.45, 7) is 1.85. The van der Waals surface area contributed by atoms with Crippen molar-refractivity contribution >= 4 is 21.7 Å². The topological polar surface area (TPSA) is 114 Å². The molecule has 1 rings (SSSR count). The Morgan fingerprint density at radius 1 is 1.53 bits per heavy atom. The van der Waals surface area contributed by atoms with E-state index in [2.05, 4.69) is 15.0 Å². The summed E-state index contributed by atoms with van der Waals surface area (Å²) >= 11 is 0. The SMILES string of the molecule is CCNC(=O)CNS(=O)(=O)c1cccnc1N. The summed E-state index contributed by atoms with van der Waals surface area (Å²) in [6, 6.07) is 2.78. The van der Waals surface area contributed by atoms with Crippen LogP contribution in [0.25, 0.3) is 0 Å². The molecule has 0 unspecified atom stereocenters. The molecule has 0 aliphatic heterocycles. The molecule has 0 radical (unpaired) electrons. The third-order valence-electron chi connectivity index (χ3n) is 1.89. The lowest BCUT2D eigenvalue weighted by Gasteiger charge is -2.07. The molecule has 1 amide bonds. The largest absolute Gasteiger partial charge is 0.383 e. The minimum Gasteiger partial charge on any atom is -0.383 e. The molecule has 4 N–H and O–H groups in total. The van der Waals surface area contributed by atoms with Gasteiger partial charge in [-0.2, -0.15) is 0 Å². The Morgan fingerprint density at radius 3 is 2.82 bits per heavy atom. The first kappa shape index (κ1) is 13.4. The number of nitrogens with zero attached hydrogens (tertiary/aromatic N) is 1. The molecule has 0 bridgehead atoms. The van der Waals surface area contributed by atoms with Crippen molar-refractivity contribution in [1.82, 2.24) is 15.0 Å². The van der Waals surface area contributed by atoms with E-state index in [4.69, 9.17) is 5.73 Å². The first-order valence-electron chi connectivity index (χ1n) is 4.94. The number of hydrogen-bond acceptors (Lipinski definition) is 5. The zero-order valence-electron chi connectivity index (χ0n) is 9.30. The third-order valence-corrected chi connectivity index (χ3v) is 3.33. The van der Waals surface area contributed by atoms with E-state index in [-0.39, 0.29) is 17.3 Å². The maximum absolute atomic E-state index is 11.8. The van der Waals surface area contributed by atoms with E-state index >= 15 is 0 Å². The van der Waals surface area contributed by atoms with Crippen molar-refractivity contribution in [3.8, 4) is 0 Å². The molecule has 1 heterocycles. The number of carbonyl (C=O) groups excluding carboxylic acids is 1. The molecule has 0 aliphatic carbocycles. The smallest absolute Gasteiger partial charge is 0.244 e. The number of anilines is 1. The summed E-state index contributed by atoms with van der Waals surface area (Å²) in [5, 5.41) is 2.47. The number of pyridine rings is 1. The summed E-state index contributed by atoms with van der Waals surface area (Å²) in [5.41, 5.74) is 5.44. The summed E-state index contributed by atoms with van der Waals surface area (Å²) in [7, 11) is -3.80. The molecule has 0 aromatic carbocycles. The van der Waals surface area contributed by atoms with Gasteiger partial charge in [0.25, 0.3) is 0 Å². The van der Waals surface area contributed by atoms with Gasteiger partial charge < -0.3 is 11.1 Å². The van der Waals surface area contributed by atoms with Gasteiger partial charge in [-0.05, 0) is 19.1 Å². The molecule has 94 valence electrons. The fourth-order valence-corrected chi connectivity index (χ4v) is 2.19. The summed E-state index contributed by atoms with van der Waals surface area (Å²) in [4.78, 5) is 14.7. The van der Waals surface area contributed by atoms with Gasteiger partial charge in [0, 0.05) is 12.7 Å². The maximum Gasteiger partial charge on any atom is 0.244 e. The van der Waals surface area contributed by atoms with Crippen molar-refractivity contribution in [3.05, 3.63) is 18.3 Å². The second-order valence-electron chi connectivity index (χ2n) is 3.16. The summed E-state index contributed by atoms with van der Waals surface area (Å²) < 4.78 is 25.6. The molecular formula is C9H14N4O3S. The monoisotopic (exact) mass is 258 g/mol. The molecule has 1 aromatic rings. The first-order valence-corrected chi connectivity index (χ1v) is 6.42. The number of aromatic nitrogens is 1. The Kier molecular flexibility index (Phi) is 4.41. The number of likely N-dealkylation sites (N-methyl/N-ethyl adjacent to an activating group) is 1. The van der Waals surface area contributed by atoms with Gasteiger partial charge in [0.2, 0.25) is 15.9 Å². The Hall–Kier alpha value is -1.67. The number of nitrogens with two attached hydrogens (primary N) is 1. The first-order chi connectivity index (χ1) is 7.97. The second kappa shape index (κ2) is 5.60. The van der Waals surface area contributed by atoms with Crippen molar-refractivity contribution in [2.24, 2.45) is 0 Å². The van der Waals surface area contributed by atoms with Gasteiger partial charge in [0.05, 0.1) is 6.54 Å². The van der Waals surface area contributed by atoms with Crippen LogP contribution in [0.1, 0.15) is 6.92 Å². The zero-order chi connectivity index (χ0) is 12.9. The van der Waals surface area contributed by atoms with Crippen molar-refractivity contribution in [1.29, 1.82) is 0 Å². The minimum atomic E-state index is -3.80. The number of nitrogen functional groups attached to an aromatic ring is 1. The zero-order valence-corrected chi connectivity index (χ0v) is 10.1. The van der Waals surface area contributed by atoms with E-state index < -0.39 is 15.9 Å². The van der Waals surface area contributed by atoms with Crippen LogP contribution < -0.4 is 15.8 Å². The average Bonchev–Trinajstić information content (AvgIpc) is 2.27. The van der Waals surface area contributed by atoms with Crippen molar-refractivity contribution in [2.45, 2.75) is 11.8 Å². The Morgan fingerprint density at radius 2 is 2.24 bits per heavy atom. The molecule has 0 atom stereocenters. The average molecular weight is 258 g/mol. The van der Waals surface area contributed by atoms with Crippen molar-refractivity contribution in [3.63, 3.8) is 0 Å². The van der Waals surface area contributed by atoms with Crippen molar-refractivity contribution < 1.29 is 13.2 Å². The number of nitrogens with one attached hydrogen (secondary N) is 2. The van der Waals surface area contributed by atoms with Crippen LogP contribution >= 0.6 is 0 Å². The number of rotatable bonds is 5. The number of amides is 1. The standard InChI is InChI=1S/C9H14N4O3S/c1-2-11-8(14)6-13-17(15,16)7-4-3-5-12-9(7)10/h3-5,13H,2,6H2,1H3,(H2,10,12)(H,11,14). The van der Waals surface area contributed by atoms with Gasteiger partial charge in [-0.15, -0.1) is 0 Å². The molecule has 0 spiro atoms. The van der Waals surface area contributed by atoms with E-state index in [9.17, 15) is 13.2 Å². The number of sulfonamides is 1. The lowest BCUT2D eigenvalue weighted by atomic mass is 10.5. The van der Waals surface area contributed by atoms with E-state index in [1.54, 1.807) is 6.92 Å². The van der Waals surface area contributed by atoms with Crippen LogP contribution in [0.15, 0.2) is 23.2 Å². The van der Waals surface area contributed by atoms with E-state index in [0.717, 1.165) is 0 Å². The van der Waals surface area contributed by atoms with E-state index in [1.165, 1.54) is 18.3 Å². The molecule has 0 aliphatic rings. The lowest BCUT2D eigenvalue weighted by Crippen LogP contribution is -2.37. The van der Waals surface area contributed by atoms with E-state index in [0.29, 0.717) is 6.54 Å². The Balaban J connectivity index is 2.77. The molecule has 1 aromatic heterocycles. The highest BCUT2D eigenvalue weighted by atomic mass is 32.2. The normalized spacial score (nSPS) is 11.1. The van der Waals surface area contributed by atoms with Crippen LogP contribution in [0.5, 0.6) is 0 Å². The van der Waals surface area contributed by atoms with Crippen LogP contribution in [0.4, 0.5) is 5.82 Å². The molecule has 17 heavy (non-hydrogen) atoms. The Bertz CT molecular complexity index is 501. The molecule has 0 saturated heterocycles. The fraction of sp³-hybridized carbons (Fsp3) is 0.333. The molecule has 0 saturated carbocycles. The minimum absolute atomic E-state index is 0.101. The molecule has 8 heteroatoms. The Labute approximate surface area is 99.5 Å². The summed E-state index contributed by atoms with van der Waals surface area (Å²) in [5.74, 6) is -0.505. The fourth-order valence-electron chi connectivity index (χ4n) is 1.13. The number of hydrogen-bond donors (Lipinski definition) is 3. The van der Waals surface area contributed by atoms with Crippen molar-refractivity contribution in [2.75, 3.05) is 18.8 Å². The van der Waals surface area contributed by atoms with Gasteiger partial charge in [0.1, 0.15) is 10.7 Å². The second-order valence-corrected chi connectivity index (χ2v) is 4.90. The van der Waals surface area contributed by atoms with E-state index in [1.807, 2.05) is 0 Å². The third kappa shape index (κ3) is 3.68. The van der Waals surface area contributed by atoms with Gasteiger partial charge >= 0.3 is 0 Å². The highest BCUT2D eigenvalue weighted by Gasteiger charge is 2.18. The molecule has 0 fully saturated rings. The van der Waals surface area contributed by atoms with Gasteiger partial charge in [-0.1, -0.05) is 0 Å². The van der Waals surface area contributed by atoms with Crippen LogP contribution in [0, 0.1) is 0 Å². The predicted molar refractivity (Wildman–Crippen MR) is 62.5 cm³/mol. The highest BCUT2D eigenvalue weighted by molar-refractivity contribution is 7.89. The van der Waals surface area contributed by atoms with Gasteiger partial charge in [-0.25, -0.2) is 18.1 Å². The maximum atomic E-state index is 11.8. The van der Waals surface area contributed by atoms with Gasteiger partial charge in [0.15, 0.2) is 0 Å². The molecule has 7 nitrogen and oxygen atoms in total. The summed E-state index contributed by atoms with van der Waals surface area (Å²) in [6.07, 6.45) is 1.39. The quantitative estimate of drug-likeness (QED) is 0.632. The molecular weight excluding hydrogens is 244 g/mol. The lowest BCUT2D eigenvalue weighted by molar-refractivity contribution is -0.119. The van der Waals surface area contributed by atoms with Crippen LogP contribution in [-0.4, -0.2) is 32.4 Å². The van der Waals surface area contributed by atoms with Crippen LogP contribution in [-0.2, 0) is 14.8 Å². The van der Waals surface area contributed by atoms with Crippen LogP contribution in [0.2, 0.25) is 0 Å². The predicted octanol–water partition coefficient (Wildman–Crippen LogP) is -0.922. The highest BCUT2D eigenvalue weighted by Crippen LogP contribution is 2.13. The van der Waals surface area contributed by atoms with Crippen LogP contribution in [0.3, 0.4) is 0 Å².